The second-order valence-corrected chi connectivity index (χ2v) is 12.0. The number of carbonyl (C=O) groups is 1. The topological polar surface area (TPSA) is 57.5 Å². The number of methoxy groups -OCH3 is 1. The highest BCUT2D eigenvalue weighted by molar-refractivity contribution is 8.18. The van der Waals surface area contributed by atoms with Crippen molar-refractivity contribution in [3.05, 3.63) is 174 Å². The van der Waals surface area contributed by atoms with Gasteiger partial charge in [-0.25, -0.2) is 10.0 Å². The van der Waals surface area contributed by atoms with Crippen molar-refractivity contribution < 1.29 is 9.53 Å². The number of para-hydroxylation sites is 3. The summed E-state index contributed by atoms with van der Waals surface area (Å²) in [6, 6.07) is 50.3. The quantitative estimate of drug-likeness (QED) is 0.171. The second-order valence-electron chi connectivity index (χ2n) is 10.9. The van der Waals surface area contributed by atoms with Crippen LogP contribution in [0.4, 0.5) is 17.1 Å². The van der Waals surface area contributed by atoms with Gasteiger partial charge in [0.25, 0.3) is 0 Å². The lowest BCUT2D eigenvalue weighted by Gasteiger charge is -2.44. The summed E-state index contributed by atoms with van der Waals surface area (Å²) >= 11 is 1.52. The summed E-state index contributed by atoms with van der Waals surface area (Å²) in [5.74, 6) is -0.453. The maximum atomic E-state index is 14.4. The molecule has 2 heterocycles. The Morgan fingerprint density at radius 1 is 0.783 bits per heavy atom. The molecule has 0 amide bonds. The molecule has 6 nitrogen and oxygen atoms in total. The van der Waals surface area contributed by atoms with Gasteiger partial charge in [-0.3, -0.25) is 9.69 Å². The molecule has 5 aromatic carbocycles. The highest BCUT2D eigenvalue weighted by Crippen LogP contribution is 2.56. The summed E-state index contributed by atoms with van der Waals surface area (Å²) in [6.07, 6.45) is 2.79. The average Bonchev–Trinajstić information content (AvgIpc) is 3.64. The normalized spacial score (nSPS) is 20.8. The standard InChI is InChI=1S/C39H32N4O2S/c1-45-37(44)35-34(28-27-29-17-7-2-8-18-29)46-38(40-31-21-11-4-12-22-31)39(35)42(32-23-13-5-14-24-32)36(30-19-9-3-10-20-30)41-43(39)33-25-15-6-16-26-33/h2-26,28,35H,27H2,1H3/b34-28+,40-38?/t35-,39-/m0/s1. The molecule has 7 heteroatoms. The first-order valence-electron chi connectivity index (χ1n) is 15.2. The molecule has 2 atom stereocenters. The smallest absolute Gasteiger partial charge is 0.318 e. The first-order chi connectivity index (χ1) is 22.7. The molecular weight excluding hydrogens is 589 g/mol. The van der Waals surface area contributed by atoms with Gasteiger partial charge in [0, 0.05) is 16.2 Å². The number of rotatable bonds is 7. The minimum Gasteiger partial charge on any atom is -0.468 e. The molecular formula is C39H32N4O2S. The Morgan fingerprint density at radius 3 is 1.93 bits per heavy atom. The Hall–Kier alpha value is -5.40. The fourth-order valence-corrected chi connectivity index (χ4v) is 7.45. The Labute approximate surface area is 273 Å². The molecule has 0 bridgehead atoms. The van der Waals surface area contributed by atoms with E-state index in [1.807, 2.05) is 132 Å². The molecule has 0 aromatic heterocycles. The third-order valence-corrected chi connectivity index (χ3v) is 9.36. The third kappa shape index (κ3) is 5.29. The van der Waals surface area contributed by atoms with Gasteiger partial charge in [0.15, 0.2) is 5.84 Å². The van der Waals surface area contributed by atoms with E-state index in [0.29, 0.717) is 12.3 Å². The molecule has 0 N–H and O–H groups in total. The molecule has 0 radical (unpaired) electrons. The van der Waals surface area contributed by atoms with Crippen LogP contribution in [0.1, 0.15) is 11.1 Å². The third-order valence-electron chi connectivity index (χ3n) is 8.14. The number of nitrogens with zero attached hydrogens (tertiary/aromatic N) is 4. The van der Waals surface area contributed by atoms with Crippen LogP contribution >= 0.6 is 11.8 Å². The molecule has 7 rings (SSSR count). The number of esters is 1. The summed E-state index contributed by atoms with van der Waals surface area (Å²) in [5.41, 5.74) is 3.32. The zero-order valence-electron chi connectivity index (χ0n) is 25.3. The molecule has 0 saturated carbocycles. The fraction of sp³-hybridized carbons (Fsp3) is 0.103. The largest absolute Gasteiger partial charge is 0.468 e. The van der Waals surface area contributed by atoms with Gasteiger partial charge in [-0.2, -0.15) is 5.10 Å². The Kier molecular flexibility index (Phi) is 8.23. The summed E-state index contributed by atoms with van der Waals surface area (Å²) < 4.78 is 5.66. The summed E-state index contributed by atoms with van der Waals surface area (Å²) in [6.45, 7) is 0. The number of hydrogen-bond acceptors (Lipinski definition) is 7. The maximum Gasteiger partial charge on any atom is 0.318 e. The lowest BCUT2D eigenvalue weighted by atomic mass is 9.88. The van der Waals surface area contributed by atoms with Crippen LogP contribution in [-0.2, 0) is 16.0 Å². The average molecular weight is 621 g/mol. The van der Waals surface area contributed by atoms with Crippen molar-refractivity contribution in [1.82, 2.24) is 0 Å². The van der Waals surface area contributed by atoms with Crippen LogP contribution in [0.25, 0.3) is 0 Å². The van der Waals surface area contributed by atoms with Crippen molar-refractivity contribution in [2.24, 2.45) is 16.0 Å². The molecule has 0 unspecified atom stereocenters. The molecule has 2 aliphatic rings. The number of hydrazone groups is 1. The van der Waals surface area contributed by atoms with Gasteiger partial charge < -0.3 is 4.74 Å². The van der Waals surface area contributed by atoms with Crippen molar-refractivity contribution in [3.63, 3.8) is 0 Å². The highest BCUT2D eigenvalue weighted by atomic mass is 32.2. The predicted octanol–water partition coefficient (Wildman–Crippen LogP) is 8.46. The van der Waals surface area contributed by atoms with Crippen molar-refractivity contribution in [1.29, 1.82) is 0 Å². The first kappa shape index (κ1) is 29.3. The summed E-state index contributed by atoms with van der Waals surface area (Å²) in [5, 5.41) is 8.07. The molecule has 0 aliphatic carbocycles. The van der Waals surface area contributed by atoms with Crippen LogP contribution in [0.15, 0.2) is 173 Å². The van der Waals surface area contributed by atoms with E-state index >= 15 is 0 Å². The van der Waals surface area contributed by atoms with E-state index in [2.05, 4.69) is 35.2 Å². The van der Waals surface area contributed by atoms with E-state index in [1.54, 1.807) is 0 Å². The van der Waals surface area contributed by atoms with E-state index < -0.39 is 11.6 Å². The minimum absolute atomic E-state index is 0.364. The van der Waals surface area contributed by atoms with E-state index in [0.717, 1.165) is 38.1 Å². The number of anilines is 2. The van der Waals surface area contributed by atoms with Crippen LogP contribution in [0.5, 0.6) is 0 Å². The first-order valence-corrected chi connectivity index (χ1v) is 16.0. The van der Waals surface area contributed by atoms with Crippen LogP contribution in [-0.4, -0.2) is 29.6 Å². The van der Waals surface area contributed by atoms with Gasteiger partial charge in [-0.15, -0.1) is 0 Å². The van der Waals surface area contributed by atoms with Crippen molar-refractivity contribution in [2.75, 3.05) is 17.0 Å². The monoisotopic (exact) mass is 620 g/mol. The molecule has 1 spiro atoms. The number of allylic oxidation sites excluding steroid dienone is 1. The van der Waals surface area contributed by atoms with Gasteiger partial charge in [-0.1, -0.05) is 133 Å². The van der Waals surface area contributed by atoms with Gasteiger partial charge in [0.2, 0.25) is 5.66 Å². The van der Waals surface area contributed by atoms with Gasteiger partial charge in [0.05, 0.1) is 18.5 Å². The maximum absolute atomic E-state index is 14.4. The zero-order chi connectivity index (χ0) is 31.3. The Morgan fingerprint density at radius 2 is 1.33 bits per heavy atom. The van der Waals surface area contributed by atoms with Crippen molar-refractivity contribution in [3.8, 4) is 0 Å². The van der Waals surface area contributed by atoms with Crippen LogP contribution < -0.4 is 9.91 Å². The second kappa shape index (κ2) is 12.9. The van der Waals surface area contributed by atoms with Crippen LogP contribution in [0, 0.1) is 5.92 Å². The van der Waals surface area contributed by atoms with Crippen LogP contribution in [0.3, 0.4) is 0 Å². The van der Waals surface area contributed by atoms with Gasteiger partial charge in [-0.05, 0) is 48.4 Å². The highest BCUT2D eigenvalue weighted by Gasteiger charge is 2.67. The SMILES string of the molecule is COC(=O)[C@@H]1/C(=C\Cc2ccccc2)SC(=Nc2ccccc2)[C@@]12N(c1ccccc1)N=C(c1ccccc1)N2c1ccccc1. The number of carbonyl (C=O) groups excluding carboxylic acids is 1. The van der Waals surface area contributed by atoms with E-state index in [-0.39, 0.29) is 5.97 Å². The number of aliphatic imine (C=N–C) groups is 1. The number of amidine groups is 1. The molecule has 2 aliphatic heterocycles. The van der Waals surface area contributed by atoms with Gasteiger partial charge in [0.1, 0.15) is 11.0 Å². The number of thioether (sulfide) groups is 1. The molecule has 226 valence electrons. The minimum atomic E-state index is -1.23. The molecule has 1 saturated heterocycles. The molecule has 1 fully saturated rings. The number of hydrogen-bond donors (Lipinski definition) is 0. The Balaban J connectivity index is 1.55. The Bertz CT molecular complexity index is 1900. The van der Waals surface area contributed by atoms with Crippen LogP contribution in [0.2, 0.25) is 0 Å². The van der Waals surface area contributed by atoms with E-state index in [4.69, 9.17) is 14.8 Å². The molecule has 5 aromatic rings. The fourth-order valence-electron chi connectivity index (χ4n) is 6.09. The van der Waals surface area contributed by atoms with E-state index in [1.165, 1.54) is 18.9 Å². The summed E-state index contributed by atoms with van der Waals surface area (Å²) in [7, 11) is 1.45. The number of benzene rings is 5. The van der Waals surface area contributed by atoms with Gasteiger partial charge >= 0.3 is 5.97 Å². The predicted molar refractivity (Wildman–Crippen MR) is 188 cm³/mol. The lowest BCUT2D eigenvalue weighted by Crippen LogP contribution is -2.65. The molecule has 46 heavy (non-hydrogen) atoms. The van der Waals surface area contributed by atoms with E-state index in [9.17, 15) is 4.79 Å². The lowest BCUT2D eigenvalue weighted by molar-refractivity contribution is -0.144. The summed E-state index contributed by atoms with van der Waals surface area (Å²) in [4.78, 5) is 22.7. The number of ether oxygens (including phenoxy) is 1. The zero-order valence-corrected chi connectivity index (χ0v) is 26.1. The van der Waals surface area contributed by atoms with Crippen molar-refractivity contribution in [2.45, 2.75) is 12.1 Å². The van der Waals surface area contributed by atoms with Crippen molar-refractivity contribution >= 4 is 45.7 Å².